The van der Waals surface area contributed by atoms with Crippen molar-refractivity contribution in [3.05, 3.63) is 87.7 Å². The number of pyridine rings is 1. The molecule has 0 aliphatic carbocycles. The standard InChI is InChI=1S/C25H20F2N4O2/c26-16-4-3-15(19(27)12-16)14-31-21-13-17(29-10-7-28-8-11-29)5-6-18(21)24(32)22-23(31)20-2-1-9-30(20)25(22)33/h1-6,9,12-13,28H,7-8,10-11,14H2. The summed E-state index contributed by atoms with van der Waals surface area (Å²) >= 11 is 0. The number of aromatic nitrogens is 2. The van der Waals surface area contributed by atoms with E-state index in [2.05, 4.69) is 10.2 Å². The molecule has 0 amide bonds. The molecular weight excluding hydrogens is 426 g/mol. The normalized spacial score (nSPS) is 15.2. The summed E-state index contributed by atoms with van der Waals surface area (Å²) in [6.07, 6.45) is 1.62. The predicted octanol–water partition coefficient (Wildman–Crippen LogP) is 3.21. The predicted molar refractivity (Wildman–Crippen MR) is 122 cm³/mol. The zero-order valence-corrected chi connectivity index (χ0v) is 17.6. The Kier molecular flexibility index (Phi) is 4.45. The minimum atomic E-state index is -0.673. The maximum Gasteiger partial charge on any atom is 0.268 e. The van der Waals surface area contributed by atoms with Crippen LogP contribution in [0.4, 0.5) is 14.5 Å². The average molecular weight is 446 g/mol. The zero-order valence-electron chi connectivity index (χ0n) is 17.6. The number of piperazine rings is 1. The smallest absolute Gasteiger partial charge is 0.268 e. The molecule has 1 saturated heterocycles. The fourth-order valence-corrected chi connectivity index (χ4v) is 4.87. The molecule has 0 bridgehead atoms. The molecule has 2 aromatic heterocycles. The van der Waals surface area contributed by atoms with Crippen molar-refractivity contribution in [2.24, 2.45) is 0 Å². The lowest BCUT2D eigenvalue weighted by atomic mass is 10.0. The van der Waals surface area contributed by atoms with Crippen LogP contribution in [0, 0.1) is 11.6 Å². The summed E-state index contributed by atoms with van der Waals surface area (Å²) in [7, 11) is 0. The highest BCUT2D eigenvalue weighted by molar-refractivity contribution is 6.10. The number of rotatable bonds is 3. The van der Waals surface area contributed by atoms with Gasteiger partial charge in [0.2, 0.25) is 5.43 Å². The van der Waals surface area contributed by atoms with Crippen LogP contribution in [0.1, 0.15) is 15.9 Å². The van der Waals surface area contributed by atoms with Crippen LogP contribution in [0.5, 0.6) is 0 Å². The Morgan fingerprint density at radius 1 is 0.970 bits per heavy atom. The first-order valence-corrected chi connectivity index (χ1v) is 10.9. The molecule has 0 spiro atoms. The average Bonchev–Trinajstić information content (AvgIpc) is 3.41. The molecule has 166 valence electrons. The van der Waals surface area contributed by atoms with Gasteiger partial charge < -0.3 is 14.8 Å². The van der Waals surface area contributed by atoms with Gasteiger partial charge in [-0.05, 0) is 36.4 Å². The van der Waals surface area contributed by atoms with Gasteiger partial charge in [0.05, 0.1) is 23.4 Å². The molecular formula is C25H20F2N4O2. The van der Waals surface area contributed by atoms with Crippen LogP contribution in [0.15, 0.2) is 59.5 Å². The Morgan fingerprint density at radius 2 is 1.79 bits per heavy atom. The van der Waals surface area contributed by atoms with E-state index in [1.54, 1.807) is 24.4 Å². The van der Waals surface area contributed by atoms with Crippen molar-refractivity contribution in [1.82, 2.24) is 14.5 Å². The third-order valence-electron chi connectivity index (χ3n) is 6.50. The molecule has 0 unspecified atom stereocenters. The van der Waals surface area contributed by atoms with Crippen molar-refractivity contribution in [2.75, 3.05) is 31.1 Å². The number of benzene rings is 2. The van der Waals surface area contributed by atoms with Crippen LogP contribution < -0.4 is 15.6 Å². The lowest BCUT2D eigenvalue weighted by Crippen LogP contribution is -2.43. The van der Waals surface area contributed by atoms with Crippen LogP contribution in [-0.4, -0.2) is 41.2 Å². The van der Waals surface area contributed by atoms with E-state index >= 15 is 0 Å². The fraction of sp³-hybridized carbons (Fsp3) is 0.200. The second kappa shape index (κ2) is 7.38. The van der Waals surface area contributed by atoms with Crippen LogP contribution >= 0.6 is 0 Å². The van der Waals surface area contributed by atoms with E-state index in [1.165, 1.54) is 16.7 Å². The molecule has 1 N–H and O–H groups in total. The second-order valence-corrected chi connectivity index (χ2v) is 8.38. The number of hydrogen-bond acceptors (Lipinski definition) is 4. The summed E-state index contributed by atoms with van der Waals surface area (Å²) in [6.45, 7) is 3.42. The second-order valence-electron chi connectivity index (χ2n) is 8.38. The number of carbonyl (C=O) groups excluding carboxylic acids is 1. The van der Waals surface area contributed by atoms with Crippen LogP contribution in [0.25, 0.3) is 22.3 Å². The number of anilines is 1. The lowest BCUT2D eigenvalue weighted by molar-refractivity contribution is 0.0968. The van der Waals surface area contributed by atoms with Gasteiger partial charge >= 0.3 is 0 Å². The molecule has 33 heavy (non-hydrogen) atoms. The van der Waals surface area contributed by atoms with Crippen molar-refractivity contribution < 1.29 is 13.6 Å². The van der Waals surface area contributed by atoms with Crippen molar-refractivity contribution in [3.63, 3.8) is 0 Å². The first-order valence-electron chi connectivity index (χ1n) is 10.9. The molecule has 6 rings (SSSR count). The Bertz CT molecular complexity index is 1500. The van der Waals surface area contributed by atoms with E-state index in [0.29, 0.717) is 22.3 Å². The molecule has 6 nitrogen and oxygen atoms in total. The van der Waals surface area contributed by atoms with Gasteiger partial charge in [0.1, 0.15) is 17.2 Å². The van der Waals surface area contributed by atoms with Gasteiger partial charge in [-0.25, -0.2) is 8.78 Å². The molecule has 2 aromatic carbocycles. The SMILES string of the molecule is O=C1c2c(n(Cc3ccc(F)cc3F)c3cc(N4CCNCC4)ccc3c2=O)-c2cccn21. The quantitative estimate of drug-likeness (QED) is 0.463. The third kappa shape index (κ3) is 3.01. The molecule has 4 heterocycles. The third-order valence-corrected chi connectivity index (χ3v) is 6.50. The Hall–Kier alpha value is -3.78. The number of hydrogen-bond donors (Lipinski definition) is 1. The Morgan fingerprint density at radius 3 is 2.58 bits per heavy atom. The van der Waals surface area contributed by atoms with Crippen LogP contribution in [0.3, 0.4) is 0 Å². The Balaban J connectivity index is 1.64. The molecule has 0 saturated carbocycles. The first kappa shape index (κ1) is 19.9. The number of halogens is 2. The largest absolute Gasteiger partial charge is 0.369 e. The molecule has 4 aromatic rings. The van der Waals surface area contributed by atoms with E-state index in [-0.39, 0.29) is 23.1 Å². The van der Waals surface area contributed by atoms with Gasteiger partial charge in [0.25, 0.3) is 5.91 Å². The van der Waals surface area contributed by atoms with Gasteiger partial charge in [0, 0.05) is 55.1 Å². The van der Waals surface area contributed by atoms with E-state index in [1.807, 2.05) is 16.7 Å². The molecule has 2 aliphatic heterocycles. The van der Waals surface area contributed by atoms with E-state index < -0.39 is 17.5 Å². The highest BCUT2D eigenvalue weighted by Crippen LogP contribution is 2.35. The zero-order chi connectivity index (χ0) is 22.7. The minimum Gasteiger partial charge on any atom is -0.369 e. The fourth-order valence-electron chi connectivity index (χ4n) is 4.87. The number of nitrogens with zero attached hydrogens (tertiary/aromatic N) is 3. The van der Waals surface area contributed by atoms with Gasteiger partial charge in [-0.3, -0.25) is 14.2 Å². The van der Waals surface area contributed by atoms with Gasteiger partial charge in [0.15, 0.2) is 0 Å². The summed E-state index contributed by atoms with van der Waals surface area (Å²) < 4.78 is 31.4. The lowest BCUT2D eigenvalue weighted by Gasteiger charge is -2.30. The van der Waals surface area contributed by atoms with Gasteiger partial charge in [-0.2, -0.15) is 0 Å². The van der Waals surface area contributed by atoms with E-state index in [0.717, 1.165) is 37.9 Å². The summed E-state index contributed by atoms with van der Waals surface area (Å²) in [4.78, 5) is 28.7. The summed E-state index contributed by atoms with van der Waals surface area (Å²) in [6, 6.07) is 12.5. The van der Waals surface area contributed by atoms with Crippen molar-refractivity contribution in [2.45, 2.75) is 6.54 Å². The number of carbonyl (C=O) groups is 1. The maximum atomic E-state index is 14.6. The number of fused-ring (bicyclic) bond motifs is 4. The monoisotopic (exact) mass is 446 g/mol. The summed E-state index contributed by atoms with van der Waals surface area (Å²) in [5.41, 5.74) is 2.63. The summed E-state index contributed by atoms with van der Waals surface area (Å²) in [5.74, 6) is -1.72. The molecule has 0 atom stereocenters. The molecule has 8 heteroatoms. The maximum absolute atomic E-state index is 14.6. The summed E-state index contributed by atoms with van der Waals surface area (Å²) in [5, 5.41) is 3.72. The molecule has 2 aliphatic rings. The van der Waals surface area contributed by atoms with E-state index in [4.69, 9.17) is 0 Å². The first-order chi connectivity index (χ1) is 16.0. The van der Waals surface area contributed by atoms with Crippen LogP contribution in [0.2, 0.25) is 0 Å². The van der Waals surface area contributed by atoms with Crippen LogP contribution in [-0.2, 0) is 6.54 Å². The topological polar surface area (TPSA) is 59.3 Å². The minimum absolute atomic E-state index is 0.0503. The van der Waals surface area contributed by atoms with Gasteiger partial charge in [-0.15, -0.1) is 0 Å². The van der Waals surface area contributed by atoms with Crippen molar-refractivity contribution in [3.8, 4) is 11.4 Å². The molecule has 1 fully saturated rings. The highest BCUT2D eigenvalue weighted by atomic mass is 19.1. The highest BCUT2D eigenvalue weighted by Gasteiger charge is 2.33. The van der Waals surface area contributed by atoms with E-state index in [9.17, 15) is 18.4 Å². The van der Waals surface area contributed by atoms with Crippen molar-refractivity contribution >= 4 is 22.5 Å². The molecule has 0 radical (unpaired) electrons. The van der Waals surface area contributed by atoms with Crippen molar-refractivity contribution in [1.29, 1.82) is 0 Å². The van der Waals surface area contributed by atoms with Gasteiger partial charge in [-0.1, -0.05) is 6.07 Å². The Labute approximate surface area is 187 Å². The number of nitrogens with one attached hydrogen (secondary N) is 1.